The number of carbonyl (C=O) groups excluding carboxylic acids is 1. The number of hydrogen-bond acceptors (Lipinski definition) is 3. The molecule has 1 aromatic heterocycles. The lowest BCUT2D eigenvalue weighted by Crippen LogP contribution is -2.26. The van der Waals surface area contributed by atoms with Gasteiger partial charge in [0.1, 0.15) is 5.58 Å². The lowest BCUT2D eigenvalue weighted by molar-refractivity contribution is 0.0920. The van der Waals surface area contributed by atoms with E-state index < -0.39 is 6.10 Å². The Hall–Kier alpha value is -1.52. The number of hydrogen-bond donors (Lipinski definition) is 2. The maximum Gasteiger partial charge on any atom is 0.287 e. The molecule has 1 heterocycles. The molecule has 18 heavy (non-hydrogen) atoms. The summed E-state index contributed by atoms with van der Waals surface area (Å²) in [6.45, 7) is 2.09. The minimum absolute atomic E-state index is 0.248. The lowest BCUT2D eigenvalue weighted by atomic mass is 10.2. The van der Waals surface area contributed by atoms with E-state index in [1.807, 2.05) is 0 Å². The van der Waals surface area contributed by atoms with Crippen molar-refractivity contribution in [2.45, 2.75) is 19.4 Å². The maximum atomic E-state index is 11.8. The van der Waals surface area contributed by atoms with Gasteiger partial charge in [-0.3, -0.25) is 4.79 Å². The number of furan rings is 1. The SMILES string of the molecule is CC(O)CCNC(=O)c1cc2cc(Cl)ccc2o1. The van der Waals surface area contributed by atoms with E-state index in [9.17, 15) is 4.79 Å². The number of carbonyl (C=O) groups is 1. The van der Waals surface area contributed by atoms with Crippen molar-refractivity contribution in [2.24, 2.45) is 0 Å². The van der Waals surface area contributed by atoms with Crippen LogP contribution in [0, 0.1) is 0 Å². The first-order valence-electron chi connectivity index (χ1n) is 5.71. The number of nitrogens with one attached hydrogen (secondary N) is 1. The summed E-state index contributed by atoms with van der Waals surface area (Å²) in [5.41, 5.74) is 0.625. The molecule has 0 saturated heterocycles. The number of amides is 1. The summed E-state index contributed by atoms with van der Waals surface area (Å²) in [5.74, 6) is -0.0409. The second kappa shape index (κ2) is 5.42. The van der Waals surface area contributed by atoms with Crippen LogP contribution in [0.15, 0.2) is 28.7 Å². The second-order valence-electron chi connectivity index (χ2n) is 4.19. The van der Waals surface area contributed by atoms with Crippen molar-refractivity contribution in [1.29, 1.82) is 0 Å². The Balaban J connectivity index is 2.08. The molecular formula is C13H14ClNO3. The van der Waals surface area contributed by atoms with Crippen LogP contribution >= 0.6 is 11.6 Å². The minimum atomic E-state index is -0.431. The standard InChI is InChI=1S/C13H14ClNO3/c1-8(16)4-5-15-13(17)12-7-9-6-10(14)2-3-11(9)18-12/h2-3,6-8,16H,4-5H2,1H3,(H,15,17). The summed E-state index contributed by atoms with van der Waals surface area (Å²) < 4.78 is 5.41. The monoisotopic (exact) mass is 267 g/mol. The Morgan fingerprint density at radius 2 is 2.28 bits per heavy atom. The smallest absolute Gasteiger partial charge is 0.287 e. The van der Waals surface area contributed by atoms with Crippen molar-refractivity contribution in [3.05, 3.63) is 35.0 Å². The summed E-state index contributed by atoms with van der Waals surface area (Å²) in [6.07, 6.45) is 0.0809. The zero-order valence-corrected chi connectivity index (χ0v) is 10.7. The van der Waals surface area contributed by atoms with Crippen LogP contribution < -0.4 is 5.32 Å². The molecule has 2 rings (SSSR count). The van der Waals surface area contributed by atoms with Crippen LogP contribution in [0.2, 0.25) is 5.02 Å². The third-order valence-electron chi connectivity index (χ3n) is 2.55. The zero-order valence-electron chi connectivity index (χ0n) is 9.94. The molecule has 0 fully saturated rings. The summed E-state index contributed by atoms with van der Waals surface area (Å²) in [6, 6.07) is 6.83. The number of aliphatic hydroxyl groups is 1. The molecule has 96 valence electrons. The average Bonchev–Trinajstić information content (AvgIpc) is 2.71. The molecule has 0 spiro atoms. The van der Waals surface area contributed by atoms with Crippen molar-refractivity contribution >= 4 is 28.5 Å². The van der Waals surface area contributed by atoms with Gasteiger partial charge in [-0.25, -0.2) is 0 Å². The summed E-state index contributed by atoms with van der Waals surface area (Å²) in [5, 5.41) is 13.2. The van der Waals surface area contributed by atoms with Gasteiger partial charge in [0.25, 0.3) is 5.91 Å². The molecule has 2 N–H and O–H groups in total. The van der Waals surface area contributed by atoms with E-state index >= 15 is 0 Å². The maximum absolute atomic E-state index is 11.8. The zero-order chi connectivity index (χ0) is 13.1. The van der Waals surface area contributed by atoms with Crippen molar-refractivity contribution in [2.75, 3.05) is 6.54 Å². The first-order valence-corrected chi connectivity index (χ1v) is 6.09. The van der Waals surface area contributed by atoms with Crippen LogP contribution in [0.3, 0.4) is 0 Å². The molecule has 0 aliphatic heterocycles. The molecule has 1 unspecified atom stereocenters. The molecule has 0 aliphatic rings. The molecule has 2 aromatic rings. The summed E-state index contributed by atoms with van der Waals surface area (Å²) >= 11 is 5.86. The Kier molecular flexibility index (Phi) is 3.89. The third-order valence-corrected chi connectivity index (χ3v) is 2.78. The van der Waals surface area contributed by atoms with E-state index in [0.717, 1.165) is 5.39 Å². The molecule has 1 atom stereocenters. The van der Waals surface area contributed by atoms with E-state index in [1.54, 1.807) is 31.2 Å². The highest BCUT2D eigenvalue weighted by atomic mass is 35.5. The third kappa shape index (κ3) is 3.03. The molecule has 1 amide bonds. The Bertz CT molecular complexity index is 562. The highest BCUT2D eigenvalue weighted by molar-refractivity contribution is 6.31. The van der Waals surface area contributed by atoms with Crippen molar-refractivity contribution < 1.29 is 14.3 Å². The van der Waals surface area contributed by atoms with E-state index in [1.165, 1.54) is 0 Å². The molecule has 0 aliphatic carbocycles. The van der Waals surface area contributed by atoms with Gasteiger partial charge in [0.2, 0.25) is 0 Å². The van der Waals surface area contributed by atoms with Crippen molar-refractivity contribution in [1.82, 2.24) is 5.32 Å². The van der Waals surface area contributed by atoms with Crippen LogP contribution in [0.1, 0.15) is 23.9 Å². The average molecular weight is 268 g/mol. The van der Waals surface area contributed by atoms with E-state index in [4.69, 9.17) is 21.1 Å². The summed E-state index contributed by atoms with van der Waals surface area (Å²) in [7, 11) is 0. The normalized spacial score (nSPS) is 12.6. The lowest BCUT2D eigenvalue weighted by Gasteiger charge is -2.04. The van der Waals surface area contributed by atoms with Gasteiger partial charge < -0.3 is 14.8 Å². The highest BCUT2D eigenvalue weighted by Gasteiger charge is 2.12. The van der Waals surface area contributed by atoms with Crippen LogP contribution in [-0.4, -0.2) is 23.7 Å². The quantitative estimate of drug-likeness (QED) is 0.895. The van der Waals surface area contributed by atoms with Crippen LogP contribution in [0.5, 0.6) is 0 Å². The second-order valence-corrected chi connectivity index (χ2v) is 4.62. The molecule has 0 saturated carbocycles. The van der Waals surface area contributed by atoms with Crippen LogP contribution in [0.25, 0.3) is 11.0 Å². The van der Waals surface area contributed by atoms with E-state index in [0.29, 0.717) is 23.6 Å². The molecule has 5 heteroatoms. The molecule has 4 nitrogen and oxygen atoms in total. The first kappa shape index (κ1) is 12.9. The van der Waals surface area contributed by atoms with Crippen molar-refractivity contribution in [3.63, 3.8) is 0 Å². The molecular weight excluding hydrogens is 254 g/mol. The topological polar surface area (TPSA) is 62.5 Å². The Morgan fingerprint density at radius 3 is 3.00 bits per heavy atom. The Labute approximate surface area is 110 Å². The van der Waals surface area contributed by atoms with Crippen LogP contribution in [-0.2, 0) is 0 Å². The van der Waals surface area contributed by atoms with Gasteiger partial charge in [0.05, 0.1) is 6.10 Å². The van der Waals surface area contributed by atoms with Gasteiger partial charge in [-0.2, -0.15) is 0 Å². The predicted molar refractivity (Wildman–Crippen MR) is 69.9 cm³/mol. The predicted octanol–water partition coefficient (Wildman–Crippen LogP) is 2.59. The molecule has 0 radical (unpaired) electrons. The summed E-state index contributed by atoms with van der Waals surface area (Å²) in [4.78, 5) is 11.8. The fraction of sp³-hybridized carbons (Fsp3) is 0.308. The number of aliphatic hydroxyl groups excluding tert-OH is 1. The first-order chi connectivity index (χ1) is 8.56. The van der Waals surface area contributed by atoms with Gasteiger partial charge in [-0.1, -0.05) is 11.6 Å². The van der Waals surface area contributed by atoms with Gasteiger partial charge >= 0.3 is 0 Å². The van der Waals surface area contributed by atoms with Gasteiger partial charge in [0.15, 0.2) is 5.76 Å². The number of benzene rings is 1. The Morgan fingerprint density at radius 1 is 1.50 bits per heavy atom. The number of halogens is 1. The fourth-order valence-electron chi connectivity index (χ4n) is 1.61. The van der Waals surface area contributed by atoms with Crippen LogP contribution in [0.4, 0.5) is 0 Å². The van der Waals surface area contributed by atoms with E-state index in [2.05, 4.69) is 5.32 Å². The largest absolute Gasteiger partial charge is 0.451 e. The minimum Gasteiger partial charge on any atom is -0.451 e. The van der Waals surface area contributed by atoms with Gasteiger partial charge in [-0.05, 0) is 37.6 Å². The van der Waals surface area contributed by atoms with Gasteiger partial charge in [0, 0.05) is 17.0 Å². The fourth-order valence-corrected chi connectivity index (χ4v) is 1.79. The molecule has 0 bridgehead atoms. The highest BCUT2D eigenvalue weighted by Crippen LogP contribution is 2.22. The number of rotatable bonds is 4. The number of fused-ring (bicyclic) bond motifs is 1. The molecule has 1 aromatic carbocycles. The van der Waals surface area contributed by atoms with E-state index in [-0.39, 0.29) is 11.7 Å². The van der Waals surface area contributed by atoms with Crippen molar-refractivity contribution in [3.8, 4) is 0 Å². The van der Waals surface area contributed by atoms with Gasteiger partial charge in [-0.15, -0.1) is 0 Å².